The Morgan fingerprint density at radius 1 is 0.927 bits per heavy atom. The van der Waals surface area contributed by atoms with Gasteiger partial charge in [-0.2, -0.15) is 4.31 Å². The number of hydrogen-bond acceptors (Lipinski definition) is 6. The molecule has 2 rings (SSSR count). The molecule has 3 atom stereocenters. The molecule has 1 unspecified atom stereocenters. The van der Waals surface area contributed by atoms with Crippen molar-refractivity contribution >= 4 is 21.8 Å². The molecule has 41 heavy (non-hydrogen) atoms. The van der Waals surface area contributed by atoms with Crippen LogP contribution in [0, 0.1) is 11.3 Å². The molecule has 0 aromatic heterocycles. The number of likely N-dealkylation sites (N-methyl/N-ethyl adjacent to an activating group) is 1. The van der Waals surface area contributed by atoms with E-state index in [-0.39, 0.29) is 42.8 Å². The summed E-state index contributed by atoms with van der Waals surface area (Å²) in [6, 6.07) is 15.9. The van der Waals surface area contributed by atoms with Gasteiger partial charge in [0.15, 0.2) is 0 Å². The number of carbonyl (C=O) groups is 2. The molecule has 0 aliphatic rings. The van der Waals surface area contributed by atoms with E-state index in [1.54, 1.807) is 37.2 Å². The van der Waals surface area contributed by atoms with Crippen LogP contribution in [0.2, 0.25) is 0 Å². The van der Waals surface area contributed by atoms with Crippen molar-refractivity contribution in [2.75, 3.05) is 33.7 Å². The lowest BCUT2D eigenvalue weighted by Gasteiger charge is -2.34. The van der Waals surface area contributed by atoms with E-state index in [1.807, 2.05) is 65.0 Å². The van der Waals surface area contributed by atoms with Crippen molar-refractivity contribution in [3.8, 4) is 0 Å². The molecule has 228 valence electrons. The normalized spacial score (nSPS) is 14.6. The minimum absolute atomic E-state index is 0.123. The number of nitrogens with one attached hydrogen (secondary N) is 2. The number of aliphatic hydroxyl groups excluding tert-OH is 1. The van der Waals surface area contributed by atoms with Gasteiger partial charge in [0.2, 0.25) is 21.8 Å². The molecule has 0 radical (unpaired) electrons. The third kappa shape index (κ3) is 11.2. The molecule has 0 spiro atoms. The van der Waals surface area contributed by atoms with Gasteiger partial charge in [-0.3, -0.25) is 9.59 Å². The van der Waals surface area contributed by atoms with E-state index < -0.39 is 39.5 Å². The Labute approximate surface area is 246 Å². The first kappa shape index (κ1) is 34.4. The molecule has 3 N–H and O–H groups in total. The Kier molecular flexibility index (Phi) is 13.0. The van der Waals surface area contributed by atoms with Gasteiger partial charge in [-0.1, -0.05) is 83.1 Å². The number of nitrogens with zero attached hydrogens (tertiary/aromatic N) is 2. The first-order valence-corrected chi connectivity index (χ1v) is 15.6. The molecule has 0 aliphatic heterocycles. The summed E-state index contributed by atoms with van der Waals surface area (Å²) in [5.74, 6) is -0.484. The smallest absolute Gasteiger partial charge is 0.243 e. The number of rotatable bonds is 15. The summed E-state index contributed by atoms with van der Waals surface area (Å²) in [6.45, 7) is 9.75. The zero-order valence-corrected chi connectivity index (χ0v) is 26.3. The average molecular weight is 589 g/mol. The highest BCUT2D eigenvalue weighted by molar-refractivity contribution is 7.89. The highest BCUT2D eigenvalue weighted by Gasteiger charge is 2.36. The topological polar surface area (TPSA) is 119 Å². The zero-order valence-electron chi connectivity index (χ0n) is 25.5. The maximum atomic E-state index is 13.7. The van der Waals surface area contributed by atoms with Crippen molar-refractivity contribution < 1.29 is 23.1 Å². The summed E-state index contributed by atoms with van der Waals surface area (Å²) in [5.41, 5.74) is 0.259. The molecular formula is C31H48N4O5S. The molecular weight excluding hydrogens is 540 g/mol. The van der Waals surface area contributed by atoms with Gasteiger partial charge < -0.3 is 20.6 Å². The molecule has 2 aromatic carbocycles. The van der Waals surface area contributed by atoms with E-state index in [0.29, 0.717) is 6.42 Å². The van der Waals surface area contributed by atoms with E-state index in [0.717, 1.165) is 5.56 Å². The molecule has 9 nitrogen and oxygen atoms in total. The standard InChI is InChI=1S/C31H48N4O5S/c1-23(2)18-19-35(41(39,40)25-16-12-9-13-17-25)21-27(36)26(20-24-14-10-8-11-15-24)32-30(38)29(31(3,4)5)33-28(37)22-34(6)7/h8-17,23,26-27,29,36H,18-22H2,1-7H3,(H,32,38)(H,33,37)/t26-,27+,29?/m0/s1. The van der Waals surface area contributed by atoms with Crippen LogP contribution in [-0.4, -0.2) is 86.5 Å². The minimum atomic E-state index is -3.89. The second-order valence-electron chi connectivity index (χ2n) is 12.3. The van der Waals surface area contributed by atoms with Gasteiger partial charge in [0, 0.05) is 13.1 Å². The summed E-state index contributed by atoms with van der Waals surface area (Å²) in [4.78, 5) is 28.1. The molecule has 2 amide bonds. The predicted octanol–water partition coefficient (Wildman–Crippen LogP) is 2.90. The number of aliphatic hydroxyl groups is 1. The van der Waals surface area contributed by atoms with Crippen LogP contribution in [0.5, 0.6) is 0 Å². The van der Waals surface area contributed by atoms with E-state index in [4.69, 9.17) is 0 Å². The fourth-order valence-electron chi connectivity index (χ4n) is 4.38. The predicted molar refractivity (Wildman–Crippen MR) is 163 cm³/mol. The molecule has 0 bridgehead atoms. The highest BCUT2D eigenvalue weighted by atomic mass is 32.2. The summed E-state index contributed by atoms with van der Waals surface area (Å²) in [6.07, 6.45) is -0.332. The van der Waals surface area contributed by atoms with Crippen LogP contribution in [0.3, 0.4) is 0 Å². The van der Waals surface area contributed by atoms with Gasteiger partial charge in [0.05, 0.1) is 23.6 Å². The summed E-state index contributed by atoms with van der Waals surface area (Å²) in [5, 5.41) is 17.3. The van der Waals surface area contributed by atoms with Crippen molar-refractivity contribution in [1.82, 2.24) is 19.8 Å². The SMILES string of the molecule is CC(C)CCN(C[C@@H](O)[C@H](Cc1ccccc1)NC(=O)C(NC(=O)CN(C)C)C(C)(C)C)S(=O)(=O)c1ccccc1. The Bertz CT molecular complexity index is 1200. The lowest BCUT2D eigenvalue weighted by atomic mass is 9.85. The molecule has 0 heterocycles. The Balaban J connectivity index is 2.38. The quantitative estimate of drug-likeness (QED) is 0.295. The number of hydrogen-bond donors (Lipinski definition) is 3. The van der Waals surface area contributed by atoms with Crippen LogP contribution < -0.4 is 10.6 Å². The maximum absolute atomic E-state index is 13.7. The van der Waals surface area contributed by atoms with E-state index >= 15 is 0 Å². The molecule has 0 fully saturated rings. The Hall–Kier alpha value is -2.79. The second-order valence-corrected chi connectivity index (χ2v) is 14.3. The second kappa shape index (κ2) is 15.4. The fraction of sp³-hybridized carbons (Fsp3) is 0.548. The summed E-state index contributed by atoms with van der Waals surface area (Å²) >= 11 is 0. The van der Waals surface area contributed by atoms with Crippen LogP contribution in [-0.2, 0) is 26.0 Å². The van der Waals surface area contributed by atoms with Crippen LogP contribution in [0.1, 0.15) is 46.6 Å². The number of carbonyl (C=O) groups excluding carboxylic acids is 2. The average Bonchev–Trinajstić information content (AvgIpc) is 2.89. The van der Waals surface area contributed by atoms with Crippen LogP contribution in [0.15, 0.2) is 65.6 Å². The van der Waals surface area contributed by atoms with Crippen molar-refractivity contribution in [1.29, 1.82) is 0 Å². The molecule has 0 aliphatic carbocycles. The minimum Gasteiger partial charge on any atom is -0.390 e. The van der Waals surface area contributed by atoms with Gasteiger partial charge in [-0.25, -0.2) is 8.42 Å². The van der Waals surface area contributed by atoms with Gasteiger partial charge in [0.25, 0.3) is 0 Å². The van der Waals surface area contributed by atoms with Crippen molar-refractivity contribution in [3.05, 3.63) is 66.2 Å². The third-order valence-corrected chi connectivity index (χ3v) is 8.59. The number of amides is 2. The van der Waals surface area contributed by atoms with E-state index in [1.165, 1.54) is 16.4 Å². The third-order valence-electron chi connectivity index (χ3n) is 6.71. The molecule has 10 heteroatoms. The van der Waals surface area contributed by atoms with E-state index in [9.17, 15) is 23.1 Å². The van der Waals surface area contributed by atoms with Gasteiger partial charge in [-0.05, 0) is 56.0 Å². The molecule has 0 saturated carbocycles. The zero-order chi connectivity index (χ0) is 30.8. The van der Waals surface area contributed by atoms with Crippen LogP contribution in [0.25, 0.3) is 0 Å². The summed E-state index contributed by atoms with van der Waals surface area (Å²) < 4.78 is 28.5. The maximum Gasteiger partial charge on any atom is 0.243 e. The van der Waals surface area contributed by atoms with Crippen LogP contribution >= 0.6 is 0 Å². The van der Waals surface area contributed by atoms with Gasteiger partial charge >= 0.3 is 0 Å². The first-order valence-electron chi connectivity index (χ1n) is 14.1. The first-order chi connectivity index (χ1) is 19.1. The monoisotopic (exact) mass is 588 g/mol. The molecule has 2 aromatic rings. The van der Waals surface area contributed by atoms with Crippen molar-refractivity contribution in [2.45, 2.75) is 70.5 Å². The van der Waals surface area contributed by atoms with Crippen molar-refractivity contribution in [3.63, 3.8) is 0 Å². The summed E-state index contributed by atoms with van der Waals surface area (Å²) in [7, 11) is -0.354. The van der Waals surface area contributed by atoms with Gasteiger partial charge in [-0.15, -0.1) is 0 Å². The lowest BCUT2D eigenvalue weighted by molar-refractivity contribution is -0.132. The lowest BCUT2D eigenvalue weighted by Crippen LogP contribution is -2.59. The van der Waals surface area contributed by atoms with Crippen LogP contribution in [0.4, 0.5) is 0 Å². The highest BCUT2D eigenvalue weighted by Crippen LogP contribution is 2.22. The van der Waals surface area contributed by atoms with Gasteiger partial charge in [0.1, 0.15) is 6.04 Å². The number of benzene rings is 2. The number of sulfonamides is 1. The van der Waals surface area contributed by atoms with E-state index in [2.05, 4.69) is 10.6 Å². The fourth-order valence-corrected chi connectivity index (χ4v) is 5.87. The Morgan fingerprint density at radius 3 is 2.00 bits per heavy atom. The Morgan fingerprint density at radius 2 is 1.49 bits per heavy atom. The molecule has 0 saturated heterocycles. The van der Waals surface area contributed by atoms with Crippen molar-refractivity contribution in [2.24, 2.45) is 11.3 Å². The largest absolute Gasteiger partial charge is 0.390 e.